The van der Waals surface area contributed by atoms with Crippen molar-refractivity contribution in [3.63, 3.8) is 0 Å². The van der Waals surface area contributed by atoms with Gasteiger partial charge in [0.2, 0.25) is 5.78 Å². The molecule has 8 heteroatoms. The largest absolute Gasteiger partial charge is 0.453 e. The summed E-state index contributed by atoms with van der Waals surface area (Å²) in [5.74, 6) is -1.52. The molecule has 2 aromatic rings. The van der Waals surface area contributed by atoms with E-state index in [0.717, 1.165) is 35.1 Å². The number of aromatic nitrogens is 1. The van der Waals surface area contributed by atoms with Gasteiger partial charge in [0.25, 0.3) is 5.91 Å². The predicted molar refractivity (Wildman–Crippen MR) is 109 cm³/mol. The Morgan fingerprint density at radius 1 is 1.27 bits per heavy atom. The molecule has 30 heavy (non-hydrogen) atoms. The molecule has 1 spiro atoms. The summed E-state index contributed by atoms with van der Waals surface area (Å²) >= 11 is 0. The number of imide groups is 1. The highest BCUT2D eigenvalue weighted by Gasteiger charge is 2.55. The van der Waals surface area contributed by atoms with Crippen LogP contribution in [-0.4, -0.2) is 51.8 Å². The average Bonchev–Trinajstić information content (AvgIpc) is 3.25. The minimum Gasteiger partial charge on any atom is -0.453 e. The number of para-hydroxylation sites is 1. The van der Waals surface area contributed by atoms with E-state index in [4.69, 9.17) is 4.74 Å². The van der Waals surface area contributed by atoms with Crippen LogP contribution in [-0.2, 0) is 14.3 Å². The Balaban J connectivity index is 1.42. The summed E-state index contributed by atoms with van der Waals surface area (Å²) < 4.78 is 5.27. The van der Waals surface area contributed by atoms with Gasteiger partial charge >= 0.3 is 12.0 Å². The van der Waals surface area contributed by atoms with E-state index in [1.54, 1.807) is 6.20 Å². The van der Waals surface area contributed by atoms with Crippen molar-refractivity contribution in [3.05, 3.63) is 36.0 Å². The normalized spacial score (nSPS) is 24.9. The molecule has 2 fully saturated rings. The fourth-order valence-electron chi connectivity index (χ4n) is 4.55. The van der Waals surface area contributed by atoms with Gasteiger partial charge in [0.15, 0.2) is 6.10 Å². The smallest absolute Gasteiger partial charge is 0.326 e. The SMILES string of the molecule is C[C@H](OC(=O)CN1C(=O)N[C@]2(CCCC[C@H]2C)C1=O)C(=O)c1c[nH]c2ccccc12. The predicted octanol–water partition coefficient (Wildman–Crippen LogP) is 2.78. The van der Waals surface area contributed by atoms with E-state index in [9.17, 15) is 19.2 Å². The molecule has 1 saturated carbocycles. The van der Waals surface area contributed by atoms with Gasteiger partial charge in [-0.3, -0.25) is 19.3 Å². The zero-order chi connectivity index (χ0) is 21.5. The summed E-state index contributed by atoms with van der Waals surface area (Å²) in [7, 11) is 0. The quantitative estimate of drug-likeness (QED) is 0.447. The number of hydrogen-bond acceptors (Lipinski definition) is 5. The van der Waals surface area contributed by atoms with Crippen LogP contribution in [0.4, 0.5) is 4.79 Å². The highest BCUT2D eigenvalue weighted by Crippen LogP contribution is 2.38. The number of benzene rings is 1. The van der Waals surface area contributed by atoms with E-state index in [-0.39, 0.29) is 17.6 Å². The number of ether oxygens (including phenoxy) is 1. The molecule has 2 aliphatic rings. The van der Waals surface area contributed by atoms with Crippen molar-refractivity contribution >= 4 is 34.6 Å². The summed E-state index contributed by atoms with van der Waals surface area (Å²) in [5.41, 5.74) is 0.308. The Morgan fingerprint density at radius 2 is 2.03 bits per heavy atom. The molecule has 0 unspecified atom stereocenters. The molecule has 1 aromatic carbocycles. The molecule has 1 aliphatic heterocycles. The molecule has 0 bridgehead atoms. The van der Waals surface area contributed by atoms with Crippen LogP contribution in [0.5, 0.6) is 0 Å². The molecular weight excluding hydrogens is 386 g/mol. The van der Waals surface area contributed by atoms with Crippen molar-refractivity contribution in [2.75, 3.05) is 6.54 Å². The first-order valence-corrected chi connectivity index (χ1v) is 10.3. The highest BCUT2D eigenvalue weighted by atomic mass is 16.5. The van der Waals surface area contributed by atoms with Crippen molar-refractivity contribution < 1.29 is 23.9 Å². The summed E-state index contributed by atoms with van der Waals surface area (Å²) in [4.78, 5) is 54.5. The number of Topliss-reactive ketones (excluding diaryl/α,β-unsaturated/α-hetero) is 1. The molecule has 8 nitrogen and oxygen atoms in total. The van der Waals surface area contributed by atoms with Gasteiger partial charge < -0.3 is 15.0 Å². The van der Waals surface area contributed by atoms with Crippen LogP contribution in [0.3, 0.4) is 0 Å². The lowest BCUT2D eigenvalue weighted by Gasteiger charge is -2.36. The molecule has 158 valence electrons. The van der Waals surface area contributed by atoms with Gasteiger partial charge in [-0.15, -0.1) is 0 Å². The molecule has 3 amide bonds. The third kappa shape index (κ3) is 3.26. The first kappa shape index (κ1) is 20.1. The van der Waals surface area contributed by atoms with Gasteiger partial charge in [0, 0.05) is 22.7 Å². The first-order valence-electron chi connectivity index (χ1n) is 10.3. The van der Waals surface area contributed by atoms with E-state index in [1.807, 2.05) is 31.2 Å². The number of aromatic amines is 1. The van der Waals surface area contributed by atoms with Gasteiger partial charge in [-0.1, -0.05) is 38.0 Å². The van der Waals surface area contributed by atoms with Crippen LogP contribution in [0.15, 0.2) is 30.5 Å². The highest BCUT2D eigenvalue weighted by molar-refractivity contribution is 6.11. The standard InChI is InChI=1S/C22H25N3O5/c1-13-7-5-6-10-22(13)20(28)25(21(29)24-22)12-18(26)30-14(2)19(27)16-11-23-17-9-4-3-8-15(16)17/h3-4,8-9,11,13-14,23H,5-7,10,12H2,1-2H3,(H,24,29)/t13-,14+,22+/m1/s1. The maximum absolute atomic E-state index is 13.0. The van der Waals surface area contributed by atoms with E-state index < -0.39 is 30.2 Å². The monoisotopic (exact) mass is 411 g/mol. The number of fused-ring (bicyclic) bond motifs is 1. The Bertz CT molecular complexity index is 1030. The van der Waals surface area contributed by atoms with Gasteiger partial charge in [0.1, 0.15) is 12.1 Å². The number of nitrogens with one attached hydrogen (secondary N) is 2. The minimum atomic E-state index is -1.04. The second-order valence-electron chi connectivity index (χ2n) is 8.18. The van der Waals surface area contributed by atoms with Crippen LogP contribution in [0.2, 0.25) is 0 Å². The fraction of sp³-hybridized carbons (Fsp3) is 0.455. The summed E-state index contributed by atoms with van der Waals surface area (Å²) in [5, 5.41) is 3.54. The maximum Gasteiger partial charge on any atom is 0.326 e. The Kier molecular flexibility index (Phi) is 5.09. The average molecular weight is 411 g/mol. The zero-order valence-electron chi connectivity index (χ0n) is 17.1. The van der Waals surface area contributed by atoms with Gasteiger partial charge in [-0.25, -0.2) is 4.79 Å². The fourth-order valence-corrected chi connectivity index (χ4v) is 4.55. The van der Waals surface area contributed by atoms with E-state index in [1.165, 1.54) is 6.92 Å². The van der Waals surface area contributed by atoms with Crippen LogP contribution >= 0.6 is 0 Å². The molecular formula is C22H25N3O5. The lowest BCUT2D eigenvalue weighted by atomic mass is 9.73. The first-order chi connectivity index (χ1) is 14.3. The van der Waals surface area contributed by atoms with Crippen molar-refractivity contribution in [3.8, 4) is 0 Å². The van der Waals surface area contributed by atoms with Crippen molar-refractivity contribution in [2.24, 2.45) is 5.92 Å². The Labute approximate surface area is 173 Å². The summed E-state index contributed by atoms with van der Waals surface area (Å²) in [6.45, 7) is 2.92. The number of carbonyl (C=O) groups is 4. The molecule has 1 aliphatic carbocycles. The summed E-state index contributed by atoms with van der Waals surface area (Å²) in [6.07, 6.45) is 3.83. The van der Waals surface area contributed by atoms with Gasteiger partial charge in [0.05, 0.1) is 0 Å². The molecule has 0 radical (unpaired) electrons. The third-order valence-electron chi connectivity index (χ3n) is 6.32. The third-order valence-corrected chi connectivity index (χ3v) is 6.32. The minimum absolute atomic E-state index is 0.00564. The second kappa shape index (κ2) is 7.59. The molecule has 1 aromatic heterocycles. The number of ketones is 1. The molecule has 2 heterocycles. The number of amides is 3. The zero-order valence-corrected chi connectivity index (χ0v) is 17.1. The van der Waals surface area contributed by atoms with Crippen molar-refractivity contribution in [1.82, 2.24) is 15.2 Å². The van der Waals surface area contributed by atoms with Crippen LogP contribution in [0.25, 0.3) is 10.9 Å². The number of hydrogen-bond donors (Lipinski definition) is 2. The van der Waals surface area contributed by atoms with Crippen LogP contribution in [0.1, 0.15) is 49.9 Å². The van der Waals surface area contributed by atoms with Crippen LogP contribution in [0, 0.1) is 5.92 Å². The number of rotatable bonds is 5. The van der Waals surface area contributed by atoms with Gasteiger partial charge in [-0.05, 0) is 31.7 Å². The Morgan fingerprint density at radius 3 is 2.80 bits per heavy atom. The number of esters is 1. The van der Waals surface area contributed by atoms with Crippen LogP contribution < -0.4 is 5.32 Å². The number of carbonyl (C=O) groups excluding carboxylic acids is 4. The lowest BCUT2D eigenvalue weighted by molar-refractivity contribution is -0.150. The molecule has 4 rings (SSSR count). The Hall–Kier alpha value is -3.16. The molecule has 2 N–H and O–H groups in total. The van der Waals surface area contributed by atoms with E-state index in [2.05, 4.69) is 10.3 Å². The van der Waals surface area contributed by atoms with Gasteiger partial charge in [-0.2, -0.15) is 0 Å². The van der Waals surface area contributed by atoms with Crippen molar-refractivity contribution in [2.45, 2.75) is 51.2 Å². The van der Waals surface area contributed by atoms with E-state index >= 15 is 0 Å². The molecule has 3 atom stereocenters. The lowest BCUT2D eigenvalue weighted by Crippen LogP contribution is -2.54. The number of urea groups is 1. The second-order valence-corrected chi connectivity index (χ2v) is 8.18. The maximum atomic E-state index is 13.0. The van der Waals surface area contributed by atoms with Crippen molar-refractivity contribution in [1.29, 1.82) is 0 Å². The topological polar surface area (TPSA) is 109 Å². The summed E-state index contributed by atoms with van der Waals surface area (Å²) in [6, 6.07) is 6.76. The number of H-pyrrole nitrogens is 1. The van der Waals surface area contributed by atoms with E-state index in [0.29, 0.717) is 12.0 Å². The number of nitrogens with zero attached hydrogens (tertiary/aromatic N) is 1. The molecule has 1 saturated heterocycles.